The lowest BCUT2D eigenvalue weighted by Crippen LogP contribution is -2.40. The highest BCUT2D eigenvalue weighted by atomic mass is 16.5. The minimum Gasteiger partial charge on any atom is -0.481 e. The fourth-order valence-corrected chi connectivity index (χ4v) is 5.63. The molecule has 8 nitrogen and oxygen atoms in total. The molecule has 0 unspecified atom stereocenters. The zero-order valence-corrected chi connectivity index (χ0v) is 20.7. The number of fused-ring (bicyclic) bond motifs is 3. The molecule has 1 N–H and O–H groups in total. The molecule has 35 heavy (non-hydrogen) atoms. The number of anilines is 3. The van der Waals surface area contributed by atoms with Gasteiger partial charge in [-0.1, -0.05) is 17.7 Å². The number of benzene rings is 1. The number of ether oxygens (including phenoxy) is 2. The smallest absolute Gasteiger partial charge is 0.214 e. The average molecular weight is 475 g/mol. The van der Waals surface area contributed by atoms with E-state index in [1.807, 2.05) is 12.1 Å². The molecule has 2 saturated heterocycles. The van der Waals surface area contributed by atoms with Crippen LogP contribution in [-0.4, -0.2) is 67.6 Å². The molecule has 1 aromatic carbocycles. The number of methoxy groups -OCH3 is 1. The third-order valence-corrected chi connectivity index (χ3v) is 7.44. The molecule has 184 valence electrons. The van der Waals surface area contributed by atoms with Crippen molar-refractivity contribution in [1.82, 2.24) is 14.5 Å². The fourth-order valence-electron chi connectivity index (χ4n) is 5.63. The predicted octanol–water partition coefficient (Wildman–Crippen LogP) is 3.91. The maximum Gasteiger partial charge on any atom is 0.214 e. The minimum atomic E-state index is 0.386. The van der Waals surface area contributed by atoms with Crippen molar-refractivity contribution >= 4 is 17.5 Å². The van der Waals surface area contributed by atoms with Crippen molar-refractivity contribution in [2.75, 3.05) is 68.2 Å². The highest BCUT2D eigenvalue weighted by Crippen LogP contribution is 2.41. The quantitative estimate of drug-likeness (QED) is 0.615. The number of aromatic nitrogens is 3. The summed E-state index contributed by atoms with van der Waals surface area (Å²) in [4.78, 5) is 14.8. The maximum atomic E-state index is 5.67. The van der Waals surface area contributed by atoms with Crippen LogP contribution in [0.4, 0.5) is 17.5 Å². The Morgan fingerprint density at radius 1 is 1.00 bits per heavy atom. The van der Waals surface area contributed by atoms with Crippen LogP contribution >= 0.6 is 0 Å². The molecule has 0 atom stereocenters. The number of hydrogen-bond acceptors (Lipinski definition) is 7. The fraction of sp³-hybridized carbons (Fsp3) is 0.481. The summed E-state index contributed by atoms with van der Waals surface area (Å²) in [5.41, 5.74) is 6.27. The molecule has 3 aromatic rings. The number of rotatable bonds is 4. The number of aryl methyl sites for hydroxylation is 1. The van der Waals surface area contributed by atoms with E-state index in [1.54, 1.807) is 7.11 Å². The van der Waals surface area contributed by atoms with Crippen LogP contribution in [0.3, 0.4) is 0 Å². The standard InChI is InChI=1S/C27H34N6O2/c1-19-6-7-22-21(18-19)26-23(8-11-28-22)29-27(32-14-16-35-17-15-32)33(26)20-9-12-31(13-10-20)24-4-3-5-25(30-24)34-2/h3-7,18,20,28H,8-17H2,1-2H3. The van der Waals surface area contributed by atoms with Crippen LogP contribution in [0.5, 0.6) is 5.88 Å². The molecular formula is C27H34N6O2. The van der Waals surface area contributed by atoms with Crippen LogP contribution in [0, 0.1) is 6.92 Å². The molecular weight excluding hydrogens is 440 g/mol. The van der Waals surface area contributed by atoms with E-state index in [0.29, 0.717) is 11.9 Å². The first-order valence-electron chi connectivity index (χ1n) is 12.8. The van der Waals surface area contributed by atoms with Crippen LogP contribution in [-0.2, 0) is 11.2 Å². The Balaban J connectivity index is 1.38. The van der Waals surface area contributed by atoms with E-state index in [4.69, 9.17) is 14.5 Å². The Bertz CT molecular complexity index is 1190. The second-order valence-corrected chi connectivity index (χ2v) is 9.66. The third-order valence-electron chi connectivity index (χ3n) is 7.44. The van der Waals surface area contributed by atoms with Crippen LogP contribution < -0.4 is 19.9 Å². The Labute approximate surface area is 206 Å². The van der Waals surface area contributed by atoms with Crippen molar-refractivity contribution in [1.29, 1.82) is 0 Å². The first kappa shape index (κ1) is 22.2. The van der Waals surface area contributed by atoms with Crippen molar-refractivity contribution in [3.05, 3.63) is 47.7 Å². The van der Waals surface area contributed by atoms with Crippen molar-refractivity contribution in [3.8, 4) is 17.1 Å². The minimum absolute atomic E-state index is 0.386. The number of morpholine rings is 1. The van der Waals surface area contributed by atoms with Crippen LogP contribution in [0.25, 0.3) is 11.3 Å². The average Bonchev–Trinajstić information content (AvgIpc) is 3.20. The molecule has 0 spiro atoms. The Morgan fingerprint density at radius 2 is 1.83 bits per heavy atom. The van der Waals surface area contributed by atoms with Gasteiger partial charge in [-0.15, -0.1) is 0 Å². The molecule has 2 fully saturated rings. The van der Waals surface area contributed by atoms with Gasteiger partial charge in [-0.25, -0.2) is 4.98 Å². The van der Waals surface area contributed by atoms with Gasteiger partial charge in [0, 0.05) is 62.5 Å². The summed E-state index contributed by atoms with van der Waals surface area (Å²) in [6.45, 7) is 8.29. The highest BCUT2D eigenvalue weighted by molar-refractivity contribution is 5.80. The van der Waals surface area contributed by atoms with Gasteiger partial charge in [-0.2, -0.15) is 4.98 Å². The second kappa shape index (κ2) is 9.41. The predicted molar refractivity (Wildman–Crippen MR) is 139 cm³/mol. The molecule has 0 radical (unpaired) electrons. The maximum absolute atomic E-state index is 5.67. The number of pyridine rings is 1. The number of nitrogens with zero attached hydrogens (tertiary/aromatic N) is 5. The van der Waals surface area contributed by atoms with Crippen LogP contribution in [0.1, 0.15) is 30.1 Å². The molecule has 6 rings (SSSR count). The Kier molecular flexibility index (Phi) is 5.98. The second-order valence-electron chi connectivity index (χ2n) is 9.66. The van der Waals surface area contributed by atoms with Crippen LogP contribution in [0.15, 0.2) is 36.4 Å². The summed E-state index contributed by atoms with van der Waals surface area (Å²) in [7, 11) is 1.67. The van der Waals surface area contributed by atoms with Gasteiger partial charge in [0.05, 0.1) is 31.7 Å². The zero-order valence-electron chi connectivity index (χ0n) is 20.7. The molecule has 0 saturated carbocycles. The van der Waals surface area contributed by atoms with Crippen molar-refractivity contribution in [3.63, 3.8) is 0 Å². The van der Waals surface area contributed by atoms with E-state index in [2.05, 4.69) is 55.9 Å². The number of piperidine rings is 1. The van der Waals surface area contributed by atoms with Gasteiger partial charge in [-0.05, 0) is 38.0 Å². The molecule has 5 heterocycles. The molecule has 8 heteroatoms. The van der Waals surface area contributed by atoms with Crippen molar-refractivity contribution in [2.45, 2.75) is 32.2 Å². The summed E-state index contributed by atoms with van der Waals surface area (Å²) < 4.78 is 13.6. The molecule has 3 aliphatic rings. The van der Waals surface area contributed by atoms with Crippen molar-refractivity contribution in [2.24, 2.45) is 0 Å². The number of nitrogens with one attached hydrogen (secondary N) is 1. The third kappa shape index (κ3) is 4.20. The number of hydrogen-bond donors (Lipinski definition) is 1. The largest absolute Gasteiger partial charge is 0.481 e. The number of imidazole rings is 1. The van der Waals surface area contributed by atoms with E-state index in [9.17, 15) is 0 Å². The lowest BCUT2D eigenvalue weighted by Gasteiger charge is -2.37. The SMILES string of the molecule is COc1cccc(N2CCC(n3c(N4CCOCC4)nc4c3-c3cc(C)ccc3NCC4)CC2)n1. The van der Waals surface area contributed by atoms with Gasteiger partial charge in [0.1, 0.15) is 5.82 Å². The summed E-state index contributed by atoms with van der Waals surface area (Å²) in [6.07, 6.45) is 3.03. The Hall–Kier alpha value is -3.26. The van der Waals surface area contributed by atoms with Gasteiger partial charge in [0.15, 0.2) is 0 Å². The highest BCUT2D eigenvalue weighted by Gasteiger charge is 2.32. The summed E-state index contributed by atoms with van der Waals surface area (Å²) >= 11 is 0. The van der Waals surface area contributed by atoms with Gasteiger partial charge in [0.25, 0.3) is 0 Å². The summed E-state index contributed by atoms with van der Waals surface area (Å²) in [6, 6.07) is 13.1. The lowest BCUT2D eigenvalue weighted by atomic mass is 10.0. The molecule has 0 bridgehead atoms. The molecule has 3 aliphatic heterocycles. The summed E-state index contributed by atoms with van der Waals surface area (Å²) in [5.74, 6) is 2.77. The topological polar surface area (TPSA) is 67.7 Å². The lowest BCUT2D eigenvalue weighted by molar-refractivity contribution is 0.121. The van der Waals surface area contributed by atoms with E-state index in [1.165, 1.54) is 28.2 Å². The van der Waals surface area contributed by atoms with E-state index in [0.717, 1.165) is 77.0 Å². The van der Waals surface area contributed by atoms with E-state index >= 15 is 0 Å². The van der Waals surface area contributed by atoms with E-state index in [-0.39, 0.29) is 0 Å². The monoisotopic (exact) mass is 474 g/mol. The zero-order chi connectivity index (χ0) is 23.8. The van der Waals surface area contributed by atoms with Gasteiger partial charge >= 0.3 is 0 Å². The molecule has 2 aromatic heterocycles. The van der Waals surface area contributed by atoms with E-state index < -0.39 is 0 Å². The molecule has 0 amide bonds. The first-order valence-corrected chi connectivity index (χ1v) is 12.8. The normalized spacial score (nSPS) is 18.5. The van der Waals surface area contributed by atoms with Crippen LogP contribution in [0.2, 0.25) is 0 Å². The Morgan fingerprint density at radius 3 is 2.63 bits per heavy atom. The van der Waals surface area contributed by atoms with Gasteiger partial charge in [0.2, 0.25) is 11.8 Å². The first-order chi connectivity index (χ1) is 17.2. The summed E-state index contributed by atoms with van der Waals surface area (Å²) in [5, 5.41) is 3.64. The van der Waals surface area contributed by atoms with Gasteiger partial charge in [-0.3, -0.25) is 0 Å². The van der Waals surface area contributed by atoms with Gasteiger partial charge < -0.3 is 29.2 Å². The molecule has 0 aliphatic carbocycles. The van der Waals surface area contributed by atoms with Crippen molar-refractivity contribution < 1.29 is 9.47 Å².